The average Bonchev–Trinajstić information content (AvgIpc) is 3.37. The Morgan fingerprint density at radius 2 is 2.03 bits per heavy atom. The quantitative estimate of drug-likeness (QED) is 0.496. The van der Waals surface area contributed by atoms with Crippen molar-refractivity contribution in [2.45, 2.75) is 30.3 Å². The first kappa shape index (κ1) is 23.4. The van der Waals surface area contributed by atoms with Crippen molar-refractivity contribution < 1.29 is 17.6 Å². The Morgan fingerprint density at radius 3 is 2.75 bits per heavy atom. The molecule has 1 unspecified atom stereocenters. The summed E-state index contributed by atoms with van der Waals surface area (Å²) in [6.07, 6.45) is 2.96. The van der Waals surface area contributed by atoms with Crippen molar-refractivity contribution in [2.75, 3.05) is 18.6 Å². The predicted octanol–water partition coefficient (Wildman–Crippen LogP) is 4.14. The number of amides is 1. The molecule has 0 bridgehead atoms. The molecule has 170 valence electrons. The molecule has 11 heteroatoms. The van der Waals surface area contributed by atoms with Crippen molar-refractivity contribution in [1.29, 1.82) is 0 Å². The van der Waals surface area contributed by atoms with Crippen LogP contribution in [0.25, 0.3) is 10.2 Å². The monoisotopic (exact) mass is 513 g/mol. The van der Waals surface area contributed by atoms with Crippen LogP contribution in [0.1, 0.15) is 12.8 Å². The molecule has 0 saturated carbocycles. The van der Waals surface area contributed by atoms with E-state index < -0.39 is 22.0 Å². The molecule has 1 atom stereocenters. The third-order valence-corrected chi connectivity index (χ3v) is 9.08. The van der Waals surface area contributed by atoms with Crippen molar-refractivity contribution in [1.82, 2.24) is 8.87 Å². The molecule has 0 N–H and O–H groups in total. The molecule has 0 aliphatic carbocycles. The summed E-state index contributed by atoms with van der Waals surface area (Å²) in [5, 5.41) is 0.434. The van der Waals surface area contributed by atoms with Crippen LogP contribution in [0.15, 0.2) is 52.4 Å². The molecule has 3 aromatic rings. The van der Waals surface area contributed by atoms with Gasteiger partial charge in [-0.25, -0.2) is 12.8 Å². The minimum Gasteiger partial charge on any atom is -0.316 e. The normalized spacial score (nSPS) is 18.0. The summed E-state index contributed by atoms with van der Waals surface area (Å²) in [4.78, 5) is 18.0. The zero-order valence-electron chi connectivity index (χ0n) is 17.2. The van der Waals surface area contributed by atoms with Gasteiger partial charge in [-0.05, 0) is 61.6 Å². The second-order valence-electron chi connectivity index (χ2n) is 7.32. The second kappa shape index (κ2) is 9.64. The van der Waals surface area contributed by atoms with Gasteiger partial charge in [-0.15, -0.1) is 0 Å². The number of rotatable bonds is 6. The second-order valence-corrected chi connectivity index (χ2v) is 11.6. The molecule has 0 spiro atoms. The van der Waals surface area contributed by atoms with Crippen molar-refractivity contribution >= 4 is 60.8 Å². The SMILES string of the molecule is CSCCn1c(=NC(=O)C2CCCN2S(=O)(=O)c2ccc(Cl)cc2)sc2cc(F)ccc21. The van der Waals surface area contributed by atoms with Gasteiger partial charge in [-0.3, -0.25) is 4.79 Å². The molecule has 1 aliphatic rings. The van der Waals surface area contributed by atoms with Crippen LogP contribution in [0.2, 0.25) is 5.02 Å². The van der Waals surface area contributed by atoms with Crippen LogP contribution in [-0.2, 0) is 21.4 Å². The molecule has 4 rings (SSSR count). The highest BCUT2D eigenvalue weighted by molar-refractivity contribution is 7.98. The van der Waals surface area contributed by atoms with Crippen LogP contribution in [0, 0.1) is 5.82 Å². The fraction of sp³-hybridized carbons (Fsp3) is 0.333. The Morgan fingerprint density at radius 1 is 1.28 bits per heavy atom. The summed E-state index contributed by atoms with van der Waals surface area (Å²) in [6.45, 7) is 0.858. The van der Waals surface area contributed by atoms with Gasteiger partial charge < -0.3 is 4.57 Å². The van der Waals surface area contributed by atoms with Gasteiger partial charge in [0.25, 0.3) is 5.91 Å². The Labute approximate surface area is 198 Å². The summed E-state index contributed by atoms with van der Waals surface area (Å²) in [6, 6.07) is 9.51. The number of benzene rings is 2. The molecule has 6 nitrogen and oxygen atoms in total. The summed E-state index contributed by atoms with van der Waals surface area (Å²) in [7, 11) is -3.86. The van der Waals surface area contributed by atoms with E-state index in [-0.39, 0.29) is 17.3 Å². The molecule has 0 radical (unpaired) electrons. The summed E-state index contributed by atoms with van der Waals surface area (Å²) < 4.78 is 43.8. The minimum absolute atomic E-state index is 0.0916. The Hall–Kier alpha value is -1.72. The van der Waals surface area contributed by atoms with E-state index in [2.05, 4.69) is 4.99 Å². The van der Waals surface area contributed by atoms with Crippen LogP contribution in [-0.4, -0.2) is 47.8 Å². The number of hydrogen-bond acceptors (Lipinski definition) is 5. The zero-order chi connectivity index (χ0) is 22.9. The van der Waals surface area contributed by atoms with Gasteiger partial charge in [0.2, 0.25) is 10.0 Å². The van der Waals surface area contributed by atoms with Gasteiger partial charge in [0.05, 0.1) is 15.1 Å². The molecule has 1 fully saturated rings. The molecular formula is C21H21ClFN3O3S3. The van der Waals surface area contributed by atoms with Crippen molar-refractivity contribution in [3.05, 3.63) is 58.1 Å². The van der Waals surface area contributed by atoms with Gasteiger partial charge >= 0.3 is 0 Å². The maximum atomic E-state index is 13.7. The molecule has 1 aliphatic heterocycles. The van der Waals surface area contributed by atoms with E-state index in [9.17, 15) is 17.6 Å². The summed E-state index contributed by atoms with van der Waals surface area (Å²) in [5.74, 6) is -0.0694. The Balaban J connectivity index is 1.71. The van der Waals surface area contributed by atoms with Crippen LogP contribution in [0.5, 0.6) is 0 Å². The average molecular weight is 514 g/mol. The van der Waals surface area contributed by atoms with Crippen molar-refractivity contribution in [3.63, 3.8) is 0 Å². The molecule has 2 aromatic carbocycles. The van der Waals surface area contributed by atoms with Gasteiger partial charge in [-0.2, -0.15) is 21.1 Å². The highest BCUT2D eigenvalue weighted by atomic mass is 35.5. The first-order chi connectivity index (χ1) is 15.3. The maximum Gasteiger partial charge on any atom is 0.266 e. The molecular weight excluding hydrogens is 493 g/mol. The fourth-order valence-corrected chi connectivity index (χ4v) is 6.94. The number of sulfonamides is 1. The third kappa shape index (κ3) is 4.65. The zero-order valence-corrected chi connectivity index (χ0v) is 20.4. The summed E-state index contributed by atoms with van der Waals surface area (Å²) >= 11 is 8.76. The molecule has 1 saturated heterocycles. The third-order valence-electron chi connectivity index (χ3n) is 5.28. The molecule has 2 heterocycles. The van der Waals surface area contributed by atoms with Crippen LogP contribution >= 0.6 is 34.7 Å². The topological polar surface area (TPSA) is 71.7 Å². The van der Waals surface area contributed by atoms with Gasteiger partial charge in [0, 0.05) is 23.9 Å². The van der Waals surface area contributed by atoms with Crippen LogP contribution in [0.4, 0.5) is 4.39 Å². The number of thioether (sulfide) groups is 1. The van der Waals surface area contributed by atoms with Gasteiger partial charge in [0.15, 0.2) is 4.80 Å². The molecule has 32 heavy (non-hydrogen) atoms. The van der Waals surface area contributed by atoms with E-state index in [1.54, 1.807) is 17.8 Å². The summed E-state index contributed by atoms with van der Waals surface area (Å²) in [5.41, 5.74) is 0.800. The van der Waals surface area contributed by atoms with E-state index in [1.165, 1.54) is 52.0 Å². The first-order valence-electron chi connectivity index (χ1n) is 9.95. The largest absolute Gasteiger partial charge is 0.316 e. The number of aryl methyl sites for hydroxylation is 1. The van der Waals surface area contributed by atoms with Crippen LogP contribution < -0.4 is 4.80 Å². The standard InChI is InChI=1S/C21H21ClFN3O3S3/c1-30-12-11-25-17-9-6-15(23)13-19(17)31-21(25)24-20(27)18-3-2-10-26(18)32(28,29)16-7-4-14(22)5-8-16/h4-9,13,18H,2-3,10-12H2,1H3. The highest BCUT2D eigenvalue weighted by Gasteiger charge is 2.39. The molecule has 1 aromatic heterocycles. The van der Waals surface area contributed by atoms with E-state index in [0.717, 1.165) is 11.3 Å². The number of fused-ring (bicyclic) bond motifs is 1. The Bertz CT molecular complexity index is 1320. The van der Waals surface area contributed by atoms with Crippen molar-refractivity contribution in [2.24, 2.45) is 4.99 Å². The lowest BCUT2D eigenvalue weighted by Gasteiger charge is -2.21. The first-order valence-corrected chi connectivity index (χ1v) is 14.0. The van der Waals surface area contributed by atoms with E-state index in [0.29, 0.717) is 33.9 Å². The van der Waals surface area contributed by atoms with Crippen molar-refractivity contribution in [3.8, 4) is 0 Å². The predicted molar refractivity (Wildman–Crippen MR) is 127 cm³/mol. The lowest BCUT2D eigenvalue weighted by atomic mass is 10.2. The van der Waals surface area contributed by atoms with Gasteiger partial charge in [-0.1, -0.05) is 22.9 Å². The number of carbonyl (C=O) groups is 1. The molecule has 1 amide bonds. The number of hydrogen-bond donors (Lipinski definition) is 0. The number of aromatic nitrogens is 1. The number of nitrogens with zero attached hydrogens (tertiary/aromatic N) is 3. The lowest BCUT2D eigenvalue weighted by molar-refractivity contribution is -0.121. The van der Waals surface area contributed by atoms with Gasteiger partial charge in [0.1, 0.15) is 11.9 Å². The van der Waals surface area contributed by atoms with E-state index in [1.807, 2.05) is 10.8 Å². The highest BCUT2D eigenvalue weighted by Crippen LogP contribution is 2.28. The number of halogens is 2. The minimum atomic E-state index is -3.86. The number of thiazole rings is 1. The number of carbonyl (C=O) groups excluding carboxylic acids is 1. The lowest BCUT2D eigenvalue weighted by Crippen LogP contribution is -2.40. The smallest absolute Gasteiger partial charge is 0.266 e. The van der Waals surface area contributed by atoms with E-state index >= 15 is 0 Å². The van der Waals surface area contributed by atoms with Crippen LogP contribution in [0.3, 0.4) is 0 Å². The Kier molecular flexibility index (Phi) is 7.06. The van der Waals surface area contributed by atoms with E-state index in [4.69, 9.17) is 11.6 Å². The fourth-order valence-electron chi connectivity index (χ4n) is 3.72. The maximum absolute atomic E-state index is 13.7.